The highest BCUT2D eigenvalue weighted by atomic mass is 79.9. The maximum Gasteiger partial charge on any atom is 0.235 e. The standard InChI is InChI=1S/C17H14BrFN4OS/c18-11-4-5-13(14(19)9-11)15(16(20)24)25-17-22-7-8-23(17)10-12-3-1-2-6-21-12/h1-9,15H,10H2,(H2,20,24)/t15-/m0/s1. The third kappa shape index (κ3) is 4.26. The Morgan fingerprint density at radius 3 is 2.80 bits per heavy atom. The molecule has 0 spiro atoms. The van der Waals surface area contributed by atoms with Crippen molar-refractivity contribution in [2.45, 2.75) is 17.0 Å². The van der Waals surface area contributed by atoms with Crippen LogP contribution in [0.2, 0.25) is 0 Å². The van der Waals surface area contributed by atoms with E-state index >= 15 is 0 Å². The summed E-state index contributed by atoms with van der Waals surface area (Å²) in [6.45, 7) is 0.497. The van der Waals surface area contributed by atoms with E-state index in [1.54, 1.807) is 30.7 Å². The van der Waals surface area contributed by atoms with Gasteiger partial charge in [0, 0.05) is 28.6 Å². The Morgan fingerprint density at radius 1 is 1.28 bits per heavy atom. The third-order valence-corrected chi connectivity index (χ3v) is 5.23. The molecule has 0 saturated carbocycles. The molecule has 0 aliphatic heterocycles. The zero-order chi connectivity index (χ0) is 17.8. The van der Waals surface area contributed by atoms with Crippen LogP contribution in [0.3, 0.4) is 0 Å². The molecule has 8 heteroatoms. The Labute approximate surface area is 156 Å². The minimum atomic E-state index is -0.877. The fourth-order valence-electron chi connectivity index (χ4n) is 2.29. The molecule has 1 atom stereocenters. The Hall–Kier alpha value is -2.19. The molecule has 0 aliphatic carbocycles. The van der Waals surface area contributed by atoms with Crippen molar-refractivity contribution in [3.05, 3.63) is 76.5 Å². The smallest absolute Gasteiger partial charge is 0.235 e. The normalized spacial score (nSPS) is 12.1. The molecule has 2 N–H and O–H groups in total. The van der Waals surface area contributed by atoms with Crippen LogP contribution in [-0.4, -0.2) is 20.4 Å². The molecule has 5 nitrogen and oxygen atoms in total. The van der Waals surface area contributed by atoms with Crippen LogP contribution in [0, 0.1) is 5.82 Å². The van der Waals surface area contributed by atoms with E-state index in [0.29, 0.717) is 16.2 Å². The zero-order valence-electron chi connectivity index (χ0n) is 13.0. The van der Waals surface area contributed by atoms with Gasteiger partial charge in [-0.05, 0) is 24.3 Å². The summed E-state index contributed by atoms with van der Waals surface area (Å²) >= 11 is 4.32. The number of thioether (sulfide) groups is 1. The molecule has 0 aliphatic rings. The topological polar surface area (TPSA) is 73.8 Å². The van der Waals surface area contributed by atoms with Gasteiger partial charge in [0.1, 0.15) is 11.1 Å². The second-order valence-electron chi connectivity index (χ2n) is 5.22. The molecule has 1 amide bonds. The van der Waals surface area contributed by atoms with Crippen LogP contribution in [0.15, 0.2) is 64.6 Å². The summed E-state index contributed by atoms with van der Waals surface area (Å²) in [7, 11) is 0. The molecule has 0 saturated heterocycles. The van der Waals surface area contributed by atoms with Gasteiger partial charge in [0.2, 0.25) is 5.91 Å². The number of hydrogen-bond donors (Lipinski definition) is 1. The van der Waals surface area contributed by atoms with Gasteiger partial charge < -0.3 is 10.3 Å². The maximum absolute atomic E-state index is 14.2. The van der Waals surface area contributed by atoms with Gasteiger partial charge in [-0.3, -0.25) is 9.78 Å². The van der Waals surface area contributed by atoms with Crippen LogP contribution in [0.5, 0.6) is 0 Å². The number of imidazole rings is 1. The van der Waals surface area contributed by atoms with Crippen molar-refractivity contribution in [2.75, 3.05) is 0 Å². The fourth-order valence-corrected chi connectivity index (χ4v) is 3.66. The summed E-state index contributed by atoms with van der Waals surface area (Å²) in [4.78, 5) is 20.4. The van der Waals surface area contributed by atoms with Gasteiger partial charge in [-0.2, -0.15) is 0 Å². The first-order chi connectivity index (χ1) is 12.0. The molecule has 2 heterocycles. The molecule has 1 aromatic carbocycles. The van der Waals surface area contributed by atoms with Crippen LogP contribution in [0.4, 0.5) is 4.39 Å². The van der Waals surface area contributed by atoms with E-state index in [2.05, 4.69) is 25.9 Å². The highest BCUT2D eigenvalue weighted by Gasteiger charge is 2.25. The number of amides is 1. The predicted molar refractivity (Wildman–Crippen MR) is 97.5 cm³/mol. The van der Waals surface area contributed by atoms with Gasteiger partial charge in [0.15, 0.2) is 5.16 Å². The Balaban J connectivity index is 1.87. The van der Waals surface area contributed by atoms with E-state index in [0.717, 1.165) is 17.5 Å². The van der Waals surface area contributed by atoms with Crippen LogP contribution in [-0.2, 0) is 11.3 Å². The molecule has 25 heavy (non-hydrogen) atoms. The summed E-state index contributed by atoms with van der Waals surface area (Å²) in [5.74, 6) is -1.12. The number of rotatable bonds is 6. The van der Waals surface area contributed by atoms with E-state index in [-0.39, 0.29) is 5.56 Å². The highest BCUT2D eigenvalue weighted by molar-refractivity contribution is 9.10. The van der Waals surface area contributed by atoms with E-state index in [1.807, 2.05) is 22.8 Å². The lowest BCUT2D eigenvalue weighted by Crippen LogP contribution is -2.20. The van der Waals surface area contributed by atoms with Crippen LogP contribution in [0.1, 0.15) is 16.5 Å². The molecule has 0 fully saturated rings. The first-order valence-electron chi connectivity index (χ1n) is 7.36. The largest absolute Gasteiger partial charge is 0.368 e. The highest BCUT2D eigenvalue weighted by Crippen LogP contribution is 2.36. The average molecular weight is 421 g/mol. The lowest BCUT2D eigenvalue weighted by atomic mass is 10.1. The third-order valence-electron chi connectivity index (χ3n) is 3.46. The molecule has 3 aromatic rings. The van der Waals surface area contributed by atoms with E-state index in [1.165, 1.54) is 6.07 Å². The Kier molecular flexibility index (Phi) is 5.50. The zero-order valence-corrected chi connectivity index (χ0v) is 15.4. The second kappa shape index (κ2) is 7.79. The molecule has 0 radical (unpaired) electrons. The quantitative estimate of drug-likeness (QED) is 0.618. The Morgan fingerprint density at radius 2 is 2.12 bits per heavy atom. The molecule has 2 aromatic heterocycles. The predicted octanol–water partition coefficient (Wildman–Crippen LogP) is 3.55. The summed E-state index contributed by atoms with van der Waals surface area (Å²) in [5, 5.41) is -0.310. The first-order valence-corrected chi connectivity index (χ1v) is 9.04. The number of hydrogen-bond acceptors (Lipinski definition) is 4. The van der Waals surface area contributed by atoms with Gasteiger partial charge in [-0.15, -0.1) is 0 Å². The van der Waals surface area contributed by atoms with Crippen molar-refractivity contribution in [1.29, 1.82) is 0 Å². The van der Waals surface area contributed by atoms with Gasteiger partial charge in [-0.1, -0.05) is 39.8 Å². The van der Waals surface area contributed by atoms with Crippen LogP contribution >= 0.6 is 27.7 Å². The Bertz CT molecular complexity index is 887. The van der Waals surface area contributed by atoms with E-state index in [4.69, 9.17) is 5.73 Å². The summed E-state index contributed by atoms with van der Waals surface area (Å²) in [6, 6.07) is 10.2. The van der Waals surface area contributed by atoms with Crippen molar-refractivity contribution in [3.63, 3.8) is 0 Å². The second-order valence-corrected chi connectivity index (χ2v) is 7.21. The number of carbonyl (C=O) groups excluding carboxylic acids is 1. The molecule has 0 unspecified atom stereocenters. The van der Waals surface area contributed by atoms with Crippen molar-refractivity contribution in [2.24, 2.45) is 5.73 Å². The monoisotopic (exact) mass is 420 g/mol. The minimum Gasteiger partial charge on any atom is -0.368 e. The SMILES string of the molecule is NC(=O)[C@@H](Sc1nccn1Cc1ccccn1)c1ccc(Br)cc1F. The van der Waals surface area contributed by atoms with Crippen molar-refractivity contribution < 1.29 is 9.18 Å². The number of nitrogens with zero attached hydrogens (tertiary/aromatic N) is 3. The number of carbonyl (C=O) groups is 1. The molecular formula is C17H14BrFN4OS. The summed E-state index contributed by atoms with van der Waals surface area (Å²) < 4.78 is 16.7. The minimum absolute atomic E-state index is 0.230. The van der Waals surface area contributed by atoms with Gasteiger partial charge in [-0.25, -0.2) is 9.37 Å². The maximum atomic E-state index is 14.2. The fraction of sp³-hybridized carbons (Fsp3) is 0.118. The molecule has 0 bridgehead atoms. The van der Waals surface area contributed by atoms with E-state index < -0.39 is 17.0 Å². The molecule has 3 rings (SSSR count). The molecule has 128 valence electrons. The van der Waals surface area contributed by atoms with Gasteiger partial charge >= 0.3 is 0 Å². The molecular weight excluding hydrogens is 407 g/mol. The number of halogens is 2. The number of benzene rings is 1. The van der Waals surface area contributed by atoms with Gasteiger partial charge in [0.25, 0.3) is 0 Å². The first kappa shape index (κ1) is 17.6. The summed E-state index contributed by atoms with van der Waals surface area (Å²) in [5.41, 5.74) is 6.59. The lowest BCUT2D eigenvalue weighted by molar-refractivity contribution is -0.117. The van der Waals surface area contributed by atoms with Crippen molar-refractivity contribution in [3.8, 4) is 0 Å². The number of pyridine rings is 1. The van der Waals surface area contributed by atoms with E-state index in [9.17, 15) is 9.18 Å². The number of primary amides is 1. The summed E-state index contributed by atoms with van der Waals surface area (Å²) in [6.07, 6.45) is 5.12. The van der Waals surface area contributed by atoms with Crippen LogP contribution in [0.25, 0.3) is 0 Å². The van der Waals surface area contributed by atoms with Crippen molar-refractivity contribution in [1.82, 2.24) is 14.5 Å². The van der Waals surface area contributed by atoms with Crippen molar-refractivity contribution >= 4 is 33.6 Å². The average Bonchev–Trinajstić information content (AvgIpc) is 3.01. The lowest BCUT2D eigenvalue weighted by Gasteiger charge is -2.15. The number of aromatic nitrogens is 3. The number of nitrogens with two attached hydrogens (primary N) is 1. The van der Waals surface area contributed by atoms with Crippen LogP contribution < -0.4 is 5.73 Å². The van der Waals surface area contributed by atoms with Gasteiger partial charge in [0.05, 0.1) is 12.2 Å².